The van der Waals surface area contributed by atoms with Gasteiger partial charge in [0.25, 0.3) is 5.22 Å². The second-order valence-electron chi connectivity index (χ2n) is 3.34. The van der Waals surface area contributed by atoms with Gasteiger partial charge in [-0.15, -0.1) is 10.2 Å². The number of carbonyl (C=O) groups excluding carboxylic acids is 1. The van der Waals surface area contributed by atoms with Gasteiger partial charge in [-0.2, -0.15) is 0 Å². The molecule has 1 saturated carbocycles. The molecule has 0 aromatic carbocycles. The third-order valence-corrected chi connectivity index (χ3v) is 2.98. The van der Waals surface area contributed by atoms with Crippen molar-refractivity contribution < 1.29 is 9.21 Å². The number of aromatic nitrogens is 2. The Morgan fingerprint density at radius 3 is 2.93 bits per heavy atom. The molecule has 14 heavy (non-hydrogen) atoms. The molecule has 0 radical (unpaired) electrons. The summed E-state index contributed by atoms with van der Waals surface area (Å²) in [5.74, 6) is 0.756. The van der Waals surface area contributed by atoms with Crippen molar-refractivity contribution in [3.63, 3.8) is 0 Å². The van der Waals surface area contributed by atoms with Gasteiger partial charge in [-0.1, -0.05) is 11.8 Å². The van der Waals surface area contributed by atoms with E-state index in [2.05, 4.69) is 10.2 Å². The van der Waals surface area contributed by atoms with E-state index in [4.69, 9.17) is 10.2 Å². The van der Waals surface area contributed by atoms with Crippen LogP contribution in [0.25, 0.3) is 0 Å². The van der Waals surface area contributed by atoms with E-state index in [0.717, 1.165) is 12.8 Å². The van der Waals surface area contributed by atoms with Crippen LogP contribution in [0, 0.1) is 0 Å². The summed E-state index contributed by atoms with van der Waals surface area (Å²) in [6.07, 6.45) is 2.25. The Morgan fingerprint density at radius 2 is 2.36 bits per heavy atom. The standard InChI is InChI=1S/C8H11N3O2S/c1-4(6(9)12)14-8-11-10-7(13-8)5-2-3-5/h4-5H,2-3H2,1H3,(H2,9,12)/t4-/m1/s1. The second kappa shape index (κ2) is 3.61. The Labute approximate surface area is 85.4 Å². The van der Waals surface area contributed by atoms with E-state index in [9.17, 15) is 4.79 Å². The fourth-order valence-electron chi connectivity index (χ4n) is 0.973. The van der Waals surface area contributed by atoms with Crippen LogP contribution < -0.4 is 5.73 Å². The minimum Gasteiger partial charge on any atom is -0.416 e. The molecule has 1 amide bonds. The van der Waals surface area contributed by atoms with Gasteiger partial charge in [-0.25, -0.2) is 0 Å². The van der Waals surface area contributed by atoms with Gasteiger partial charge in [0.1, 0.15) is 0 Å². The van der Waals surface area contributed by atoms with Crippen LogP contribution in [0.4, 0.5) is 0 Å². The Hall–Kier alpha value is -1.04. The third-order valence-electron chi connectivity index (χ3n) is 2.03. The maximum atomic E-state index is 10.8. The Kier molecular flexibility index (Phi) is 2.45. The van der Waals surface area contributed by atoms with Gasteiger partial charge in [0.2, 0.25) is 11.8 Å². The normalized spacial score (nSPS) is 18.1. The van der Waals surface area contributed by atoms with Crippen molar-refractivity contribution in [2.75, 3.05) is 0 Å². The van der Waals surface area contributed by atoms with E-state index < -0.39 is 0 Å². The number of rotatable bonds is 4. The molecule has 1 aliphatic carbocycles. The predicted octanol–water partition coefficient (Wildman–Crippen LogP) is 0.913. The van der Waals surface area contributed by atoms with E-state index in [-0.39, 0.29) is 11.2 Å². The summed E-state index contributed by atoms with van der Waals surface area (Å²) in [6.45, 7) is 1.72. The quantitative estimate of drug-likeness (QED) is 0.752. The van der Waals surface area contributed by atoms with Crippen LogP contribution in [0.15, 0.2) is 9.64 Å². The fraction of sp³-hybridized carbons (Fsp3) is 0.625. The number of primary amides is 1. The zero-order valence-electron chi connectivity index (χ0n) is 7.77. The van der Waals surface area contributed by atoms with Gasteiger partial charge < -0.3 is 10.2 Å². The van der Waals surface area contributed by atoms with Crippen LogP contribution in [0.2, 0.25) is 0 Å². The van der Waals surface area contributed by atoms with Gasteiger partial charge in [-0.3, -0.25) is 4.79 Å². The van der Waals surface area contributed by atoms with Crippen molar-refractivity contribution >= 4 is 17.7 Å². The minimum absolute atomic E-state index is 0.331. The fourth-order valence-corrected chi connectivity index (χ4v) is 1.61. The van der Waals surface area contributed by atoms with Gasteiger partial charge in [0.15, 0.2) is 0 Å². The molecule has 1 aliphatic rings. The molecule has 1 fully saturated rings. The van der Waals surface area contributed by atoms with Gasteiger partial charge >= 0.3 is 0 Å². The molecule has 5 nitrogen and oxygen atoms in total. The lowest BCUT2D eigenvalue weighted by Gasteiger charge is -2.00. The first-order valence-electron chi connectivity index (χ1n) is 4.46. The number of nitrogens with zero attached hydrogens (tertiary/aromatic N) is 2. The molecule has 1 aromatic rings. The van der Waals surface area contributed by atoms with Crippen molar-refractivity contribution in [1.82, 2.24) is 10.2 Å². The molecule has 6 heteroatoms. The van der Waals surface area contributed by atoms with Gasteiger partial charge in [0, 0.05) is 5.92 Å². The molecule has 2 N–H and O–H groups in total. The van der Waals surface area contributed by atoms with Crippen LogP contribution in [-0.4, -0.2) is 21.4 Å². The van der Waals surface area contributed by atoms with Crippen molar-refractivity contribution in [1.29, 1.82) is 0 Å². The van der Waals surface area contributed by atoms with E-state index in [0.29, 0.717) is 17.0 Å². The average molecular weight is 213 g/mol. The smallest absolute Gasteiger partial charge is 0.277 e. The van der Waals surface area contributed by atoms with Crippen LogP contribution in [0.1, 0.15) is 31.6 Å². The molecular formula is C8H11N3O2S. The van der Waals surface area contributed by atoms with Gasteiger partial charge in [-0.05, 0) is 19.8 Å². The number of hydrogen-bond acceptors (Lipinski definition) is 5. The number of hydrogen-bond donors (Lipinski definition) is 1. The third kappa shape index (κ3) is 2.06. The Bertz CT molecular complexity index is 348. The molecule has 0 unspecified atom stereocenters. The summed E-state index contributed by atoms with van der Waals surface area (Å²) < 4.78 is 5.36. The molecule has 0 bridgehead atoms. The lowest BCUT2D eigenvalue weighted by atomic mass is 10.4. The molecule has 0 spiro atoms. The van der Waals surface area contributed by atoms with E-state index in [1.165, 1.54) is 11.8 Å². The van der Waals surface area contributed by atoms with Gasteiger partial charge in [0.05, 0.1) is 5.25 Å². The average Bonchev–Trinajstić information content (AvgIpc) is 2.88. The summed E-state index contributed by atoms with van der Waals surface area (Å²) in [4.78, 5) is 10.8. The van der Waals surface area contributed by atoms with Crippen LogP contribution >= 0.6 is 11.8 Å². The first-order valence-corrected chi connectivity index (χ1v) is 5.34. The first kappa shape index (κ1) is 9.51. The van der Waals surface area contributed by atoms with Crippen molar-refractivity contribution in [3.8, 4) is 0 Å². The number of amides is 1. The summed E-state index contributed by atoms with van der Waals surface area (Å²) in [5, 5.41) is 7.84. The molecule has 1 heterocycles. The summed E-state index contributed by atoms with van der Waals surface area (Å²) in [6, 6.07) is 0. The van der Waals surface area contributed by atoms with Crippen molar-refractivity contribution in [2.24, 2.45) is 5.73 Å². The zero-order chi connectivity index (χ0) is 10.1. The van der Waals surface area contributed by atoms with E-state index in [1.54, 1.807) is 6.92 Å². The molecule has 0 saturated heterocycles. The highest BCUT2D eigenvalue weighted by molar-refractivity contribution is 8.00. The number of thioether (sulfide) groups is 1. The molecule has 76 valence electrons. The lowest BCUT2D eigenvalue weighted by molar-refractivity contribution is -0.117. The monoisotopic (exact) mass is 213 g/mol. The van der Waals surface area contributed by atoms with Crippen LogP contribution in [0.5, 0.6) is 0 Å². The molecule has 0 aliphatic heterocycles. The van der Waals surface area contributed by atoms with Crippen molar-refractivity contribution in [2.45, 2.75) is 36.2 Å². The minimum atomic E-state index is -0.374. The molecule has 1 aromatic heterocycles. The van der Waals surface area contributed by atoms with E-state index in [1.807, 2.05) is 0 Å². The van der Waals surface area contributed by atoms with Crippen LogP contribution in [0.3, 0.4) is 0 Å². The first-order chi connectivity index (χ1) is 6.66. The van der Waals surface area contributed by atoms with Crippen LogP contribution in [-0.2, 0) is 4.79 Å². The lowest BCUT2D eigenvalue weighted by Crippen LogP contribution is -2.22. The highest BCUT2D eigenvalue weighted by atomic mass is 32.2. The summed E-state index contributed by atoms with van der Waals surface area (Å²) in [7, 11) is 0. The Morgan fingerprint density at radius 1 is 1.64 bits per heavy atom. The molecular weight excluding hydrogens is 202 g/mol. The summed E-state index contributed by atoms with van der Waals surface area (Å²) in [5.41, 5.74) is 5.11. The largest absolute Gasteiger partial charge is 0.416 e. The SMILES string of the molecule is C[C@@H](Sc1nnc(C2CC2)o1)C(N)=O. The molecule has 2 rings (SSSR count). The number of nitrogens with two attached hydrogens (primary N) is 1. The second-order valence-corrected chi connectivity index (χ2v) is 4.63. The van der Waals surface area contributed by atoms with Crippen molar-refractivity contribution in [3.05, 3.63) is 5.89 Å². The summed E-state index contributed by atoms with van der Waals surface area (Å²) >= 11 is 1.20. The zero-order valence-corrected chi connectivity index (χ0v) is 8.58. The topological polar surface area (TPSA) is 82.0 Å². The highest BCUT2D eigenvalue weighted by Gasteiger charge is 2.29. The predicted molar refractivity (Wildman–Crippen MR) is 50.8 cm³/mol. The maximum absolute atomic E-state index is 10.8. The Balaban J connectivity index is 1.98. The van der Waals surface area contributed by atoms with E-state index >= 15 is 0 Å². The molecule has 1 atom stereocenters. The number of carbonyl (C=O) groups is 1. The highest BCUT2D eigenvalue weighted by Crippen LogP contribution is 2.40. The maximum Gasteiger partial charge on any atom is 0.277 e.